The molecular weight excluding hydrogens is 416 g/mol. The largest absolute Gasteiger partial charge is 0.469 e. The van der Waals surface area contributed by atoms with Crippen LogP contribution >= 0.6 is 0 Å². The van der Waals surface area contributed by atoms with Gasteiger partial charge in [0.1, 0.15) is 29.0 Å². The van der Waals surface area contributed by atoms with Gasteiger partial charge in [0.05, 0.1) is 25.0 Å². The number of ether oxygens (including phenoxy) is 2. The molecule has 166 valence electrons. The van der Waals surface area contributed by atoms with Crippen LogP contribution in [0.1, 0.15) is 20.8 Å². The lowest BCUT2D eigenvalue weighted by atomic mass is 10.0. The van der Waals surface area contributed by atoms with Crippen molar-refractivity contribution in [3.63, 3.8) is 0 Å². The summed E-state index contributed by atoms with van der Waals surface area (Å²) in [6, 6.07) is 11.8. The summed E-state index contributed by atoms with van der Waals surface area (Å²) in [5, 5.41) is 0. The molecule has 1 aliphatic heterocycles. The second-order valence-electron chi connectivity index (χ2n) is 8.54. The zero-order valence-electron chi connectivity index (χ0n) is 18.0. The molecule has 0 N–H and O–H groups in total. The number of nitrogens with zero attached hydrogens (tertiary/aromatic N) is 3. The summed E-state index contributed by atoms with van der Waals surface area (Å²) in [6.07, 6.45) is 0.860. The maximum Gasteiger partial charge on any atom is 0.410 e. The van der Waals surface area contributed by atoms with Gasteiger partial charge in [-0.2, -0.15) is 0 Å². The quantitative estimate of drug-likeness (QED) is 0.567. The van der Waals surface area contributed by atoms with E-state index in [0.29, 0.717) is 35.6 Å². The first kappa shape index (κ1) is 21.7. The third-order valence-corrected chi connectivity index (χ3v) is 4.77. The van der Waals surface area contributed by atoms with Crippen LogP contribution in [0.3, 0.4) is 0 Å². The van der Waals surface area contributed by atoms with E-state index in [9.17, 15) is 13.6 Å². The smallest absolute Gasteiger partial charge is 0.410 e. The van der Waals surface area contributed by atoms with E-state index in [1.54, 1.807) is 29.2 Å². The van der Waals surface area contributed by atoms with Gasteiger partial charge in [-0.1, -0.05) is 0 Å². The minimum atomic E-state index is -0.561. The Balaban J connectivity index is 1.54. The predicted molar refractivity (Wildman–Crippen MR) is 115 cm³/mol. The van der Waals surface area contributed by atoms with Gasteiger partial charge in [0.2, 0.25) is 5.88 Å². The molecule has 0 spiro atoms. The molecule has 1 aromatic heterocycles. The molecule has 8 heteroatoms. The van der Waals surface area contributed by atoms with Gasteiger partial charge in [-0.05, 0) is 69.3 Å². The maximum absolute atomic E-state index is 13.4. The highest BCUT2D eigenvalue weighted by molar-refractivity contribution is 5.78. The first-order chi connectivity index (χ1) is 15.2. The van der Waals surface area contributed by atoms with E-state index in [-0.39, 0.29) is 29.7 Å². The molecule has 1 amide bonds. The van der Waals surface area contributed by atoms with Crippen molar-refractivity contribution in [1.29, 1.82) is 0 Å². The molecule has 32 heavy (non-hydrogen) atoms. The van der Waals surface area contributed by atoms with Crippen LogP contribution in [0.25, 0.3) is 22.5 Å². The molecule has 0 unspecified atom stereocenters. The highest BCUT2D eigenvalue weighted by Gasteiger charge is 2.35. The Bertz CT molecular complexity index is 1110. The summed E-state index contributed by atoms with van der Waals surface area (Å²) in [4.78, 5) is 22.7. The first-order valence-corrected chi connectivity index (χ1v) is 10.2. The van der Waals surface area contributed by atoms with Crippen LogP contribution in [0.2, 0.25) is 0 Å². The van der Waals surface area contributed by atoms with Crippen molar-refractivity contribution >= 4 is 6.09 Å². The Morgan fingerprint density at radius 3 is 2.00 bits per heavy atom. The SMILES string of the molecule is CC(C)(C)OC(=O)N1CC(Oc2cnc(-c3ccc(F)cc3)c(-c3ccc(F)cc3)n2)C1. The fourth-order valence-corrected chi connectivity index (χ4v) is 3.22. The monoisotopic (exact) mass is 439 g/mol. The van der Waals surface area contributed by atoms with E-state index < -0.39 is 5.60 Å². The number of hydrogen-bond acceptors (Lipinski definition) is 5. The molecule has 6 nitrogen and oxygen atoms in total. The minimum Gasteiger partial charge on any atom is -0.469 e. The topological polar surface area (TPSA) is 64.5 Å². The van der Waals surface area contributed by atoms with Crippen LogP contribution in [-0.2, 0) is 4.74 Å². The Hall–Kier alpha value is -3.55. The van der Waals surface area contributed by atoms with E-state index in [1.807, 2.05) is 20.8 Å². The lowest BCUT2D eigenvalue weighted by Crippen LogP contribution is -2.57. The van der Waals surface area contributed by atoms with Crippen LogP contribution in [0.5, 0.6) is 5.88 Å². The molecule has 0 radical (unpaired) electrons. The molecule has 0 atom stereocenters. The van der Waals surface area contributed by atoms with Crippen LogP contribution in [0.4, 0.5) is 13.6 Å². The van der Waals surface area contributed by atoms with Gasteiger partial charge in [0, 0.05) is 11.1 Å². The number of rotatable bonds is 4. The van der Waals surface area contributed by atoms with Crippen LogP contribution in [0.15, 0.2) is 54.7 Å². The molecule has 1 fully saturated rings. The van der Waals surface area contributed by atoms with E-state index in [0.717, 1.165) is 0 Å². The Labute approximate surface area is 184 Å². The zero-order valence-corrected chi connectivity index (χ0v) is 18.0. The molecule has 0 aliphatic carbocycles. The van der Waals surface area contributed by atoms with E-state index in [2.05, 4.69) is 9.97 Å². The number of aromatic nitrogens is 2. The van der Waals surface area contributed by atoms with Crippen molar-refractivity contribution in [2.45, 2.75) is 32.5 Å². The van der Waals surface area contributed by atoms with Crippen molar-refractivity contribution in [2.75, 3.05) is 13.1 Å². The minimum absolute atomic E-state index is 0.241. The molecule has 3 aromatic rings. The van der Waals surface area contributed by atoms with Gasteiger partial charge in [0.25, 0.3) is 0 Å². The average molecular weight is 439 g/mol. The number of amides is 1. The number of benzene rings is 2. The predicted octanol–water partition coefficient (Wildman–Crippen LogP) is 5.09. The molecule has 2 aromatic carbocycles. The van der Waals surface area contributed by atoms with Gasteiger partial charge in [-0.25, -0.2) is 23.5 Å². The summed E-state index contributed by atoms with van der Waals surface area (Å²) < 4.78 is 38.0. The second kappa shape index (κ2) is 8.53. The van der Waals surface area contributed by atoms with Gasteiger partial charge >= 0.3 is 6.09 Å². The van der Waals surface area contributed by atoms with Crippen LogP contribution < -0.4 is 4.74 Å². The highest BCUT2D eigenvalue weighted by Crippen LogP contribution is 2.31. The fourth-order valence-electron chi connectivity index (χ4n) is 3.22. The number of likely N-dealkylation sites (tertiary alicyclic amines) is 1. The summed E-state index contributed by atoms with van der Waals surface area (Å²) >= 11 is 0. The standard InChI is InChI=1S/C24H23F2N3O3/c1-24(2,3)32-23(30)29-13-19(14-29)31-20-12-27-21(15-4-8-17(25)9-5-15)22(28-20)16-6-10-18(26)11-7-16/h4-12,19H,13-14H2,1-3H3. The Morgan fingerprint density at radius 1 is 0.938 bits per heavy atom. The molecule has 0 saturated carbocycles. The number of carbonyl (C=O) groups excluding carboxylic acids is 1. The van der Waals surface area contributed by atoms with Crippen molar-refractivity contribution in [2.24, 2.45) is 0 Å². The van der Waals surface area contributed by atoms with E-state index in [4.69, 9.17) is 9.47 Å². The third-order valence-electron chi connectivity index (χ3n) is 4.77. The Morgan fingerprint density at radius 2 is 1.47 bits per heavy atom. The van der Waals surface area contributed by atoms with Gasteiger partial charge in [-0.15, -0.1) is 0 Å². The van der Waals surface area contributed by atoms with Crippen molar-refractivity contribution < 1.29 is 23.0 Å². The average Bonchev–Trinajstić information content (AvgIpc) is 2.70. The molecule has 0 bridgehead atoms. The number of carbonyl (C=O) groups is 1. The fraction of sp³-hybridized carbons (Fsp3) is 0.292. The van der Waals surface area contributed by atoms with Gasteiger partial charge in [0.15, 0.2) is 0 Å². The summed E-state index contributed by atoms with van der Waals surface area (Å²) in [7, 11) is 0. The number of halogens is 2. The Kier molecular flexibility index (Phi) is 5.78. The zero-order chi connectivity index (χ0) is 22.9. The van der Waals surface area contributed by atoms with E-state index in [1.165, 1.54) is 30.5 Å². The van der Waals surface area contributed by atoms with Crippen molar-refractivity contribution in [3.05, 3.63) is 66.4 Å². The van der Waals surface area contributed by atoms with Gasteiger partial charge in [-0.3, -0.25) is 0 Å². The summed E-state index contributed by atoms with van der Waals surface area (Å²) in [5.41, 5.74) is 1.76. The molecular formula is C24H23F2N3O3. The normalized spacial score (nSPS) is 14.1. The van der Waals surface area contributed by atoms with Crippen LogP contribution in [-0.4, -0.2) is 45.8 Å². The third kappa shape index (κ3) is 5.01. The van der Waals surface area contributed by atoms with Crippen LogP contribution in [0, 0.1) is 11.6 Å². The molecule has 4 rings (SSSR count). The summed E-state index contributed by atoms with van der Waals surface area (Å²) in [5.74, 6) is -0.442. The highest BCUT2D eigenvalue weighted by atomic mass is 19.1. The lowest BCUT2D eigenvalue weighted by Gasteiger charge is -2.39. The van der Waals surface area contributed by atoms with Gasteiger partial charge < -0.3 is 14.4 Å². The second-order valence-corrected chi connectivity index (χ2v) is 8.54. The van der Waals surface area contributed by atoms with Crippen molar-refractivity contribution in [1.82, 2.24) is 14.9 Å². The molecule has 2 heterocycles. The number of hydrogen-bond donors (Lipinski definition) is 0. The summed E-state index contributed by atoms with van der Waals surface area (Å²) in [6.45, 7) is 6.19. The van der Waals surface area contributed by atoms with E-state index >= 15 is 0 Å². The molecule has 1 saturated heterocycles. The first-order valence-electron chi connectivity index (χ1n) is 10.2. The maximum atomic E-state index is 13.4. The van der Waals surface area contributed by atoms with Crippen molar-refractivity contribution in [3.8, 4) is 28.4 Å². The lowest BCUT2D eigenvalue weighted by molar-refractivity contribution is -0.0232. The molecule has 1 aliphatic rings.